The smallest absolute Gasteiger partial charge is 0.323 e. The number of nitrogens with two attached hydrogens (primary N) is 1. The molecule has 0 amide bonds. The normalized spacial score (nSPS) is 29.7. The fourth-order valence-electron chi connectivity index (χ4n) is 1.53. The Morgan fingerprint density at radius 3 is 2.43 bits per heavy atom. The predicted molar refractivity (Wildman–Crippen MR) is 48.4 cm³/mol. The van der Waals surface area contributed by atoms with Gasteiger partial charge in [0, 0.05) is 5.92 Å². The van der Waals surface area contributed by atoms with Crippen LogP contribution in [-0.2, 0) is 14.6 Å². The molecule has 14 heavy (non-hydrogen) atoms. The summed E-state index contributed by atoms with van der Waals surface area (Å²) in [5.74, 6) is -2.04. The highest BCUT2D eigenvalue weighted by Gasteiger charge is 2.37. The zero-order valence-corrected chi connectivity index (χ0v) is 8.27. The summed E-state index contributed by atoms with van der Waals surface area (Å²) in [6.07, 6.45) is -1.01. The Kier molecular flexibility index (Phi) is 3.13. The third-order valence-corrected chi connectivity index (χ3v) is 4.20. The van der Waals surface area contributed by atoms with Crippen LogP contribution in [0.3, 0.4) is 0 Å². The lowest BCUT2D eigenvalue weighted by molar-refractivity contribution is -0.142. The van der Waals surface area contributed by atoms with Gasteiger partial charge in [-0.05, 0) is 6.42 Å². The van der Waals surface area contributed by atoms with Gasteiger partial charge in [-0.2, -0.15) is 0 Å². The molecule has 0 spiro atoms. The highest BCUT2D eigenvalue weighted by atomic mass is 32.2. The highest BCUT2D eigenvalue weighted by molar-refractivity contribution is 7.91. The van der Waals surface area contributed by atoms with Gasteiger partial charge in [-0.1, -0.05) is 0 Å². The molecule has 3 atom stereocenters. The predicted octanol–water partition coefficient (Wildman–Crippen LogP) is -1.81. The second kappa shape index (κ2) is 3.84. The number of hydrogen-bond acceptors (Lipinski definition) is 5. The van der Waals surface area contributed by atoms with Gasteiger partial charge < -0.3 is 15.9 Å². The third-order valence-electron chi connectivity index (χ3n) is 2.40. The quantitative estimate of drug-likeness (QED) is 0.519. The van der Waals surface area contributed by atoms with Crippen molar-refractivity contribution in [3.8, 4) is 0 Å². The molecule has 1 saturated heterocycles. The Balaban J connectivity index is 2.64. The summed E-state index contributed by atoms with van der Waals surface area (Å²) in [6.45, 7) is 0. The summed E-state index contributed by atoms with van der Waals surface area (Å²) >= 11 is 0. The molecule has 7 heteroatoms. The van der Waals surface area contributed by atoms with Crippen molar-refractivity contribution < 1.29 is 23.4 Å². The van der Waals surface area contributed by atoms with Crippen LogP contribution >= 0.6 is 0 Å². The van der Waals surface area contributed by atoms with Crippen LogP contribution in [0, 0.1) is 5.92 Å². The van der Waals surface area contributed by atoms with Crippen LogP contribution in [0.5, 0.6) is 0 Å². The van der Waals surface area contributed by atoms with Crippen molar-refractivity contribution in [1.29, 1.82) is 0 Å². The Bertz CT molecular complexity index is 325. The monoisotopic (exact) mass is 223 g/mol. The fourth-order valence-corrected chi connectivity index (χ4v) is 3.38. The first kappa shape index (κ1) is 11.4. The Labute approximate surface area is 81.6 Å². The molecule has 3 unspecified atom stereocenters. The van der Waals surface area contributed by atoms with Gasteiger partial charge in [0.2, 0.25) is 0 Å². The van der Waals surface area contributed by atoms with Crippen molar-refractivity contribution in [3.63, 3.8) is 0 Å². The molecule has 0 saturated carbocycles. The molecular weight excluding hydrogens is 210 g/mol. The number of carboxylic acids is 1. The number of aliphatic hydroxyl groups excluding tert-OH is 1. The maximum absolute atomic E-state index is 11.0. The van der Waals surface area contributed by atoms with Crippen LogP contribution in [0.25, 0.3) is 0 Å². The SMILES string of the molecule is NC(C(=O)O)C(O)C1CCS(=O)(=O)C1. The lowest BCUT2D eigenvalue weighted by atomic mass is 9.96. The molecule has 82 valence electrons. The molecule has 4 N–H and O–H groups in total. The molecule has 1 fully saturated rings. The molecule has 0 aromatic heterocycles. The van der Waals surface area contributed by atoms with Crippen molar-refractivity contribution in [2.24, 2.45) is 11.7 Å². The molecule has 1 aliphatic heterocycles. The fraction of sp³-hybridized carbons (Fsp3) is 0.857. The van der Waals surface area contributed by atoms with Crippen molar-refractivity contribution in [2.75, 3.05) is 11.5 Å². The Morgan fingerprint density at radius 2 is 2.07 bits per heavy atom. The number of aliphatic hydroxyl groups is 1. The summed E-state index contributed by atoms with van der Waals surface area (Å²) < 4.78 is 22.1. The second-order valence-corrected chi connectivity index (χ2v) is 5.75. The first-order chi connectivity index (χ1) is 6.33. The first-order valence-corrected chi connectivity index (χ1v) is 6.02. The first-order valence-electron chi connectivity index (χ1n) is 4.20. The summed E-state index contributed by atoms with van der Waals surface area (Å²) in [4.78, 5) is 10.4. The topological polar surface area (TPSA) is 118 Å². The van der Waals surface area contributed by atoms with Crippen molar-refractivity contribution in [3.05, 3.63) is 0 Å². The summed E-state index contributed by atoms with van der Waals surface area (Å²) in [5, 5.41) is 18.0. The Morgan fingerprint density at radius 1 is 1.50 bits per heavy atom. The van der Waals surface area contributed by atoms with Gasteiger partial charge in [0.25, 0.3) is 0 Å². The van der Waals surface area contributed by atoms with Crippen LogP contribution in [0.2, 0.25) is 0 Å². The summed E-state index contributed by atoms with van der Waals surface area (Å²) in [5.41, 5.74) is 5.18. The number of rotatable bonds is 3. The standard InChI is InChI=1S/C7H13NO5S/c8-5(7(10)11)6(9)4-1-2-14(12,13)3-4/h4-6,9H,1-3,8H2,(H,10,11). The van der Waals surface area contributed by atoms with E-state index in [4.69, 9.17) is 10.8 Å². The minimum atomic E-state index is -3.11. The van der Waals surface area contributed by atoms with E-state index >= 15 is 0 Å². The average molecular weight is 223 g/mol. The summed E-state index contributed by atoms with van der Waals surface area (Å²) in [7, 11) is -3.11. The molecule has 1 aliphatic rings. The number of hydrogen-bond donors (Lipinski definition) is 3. The number of carboxylic acid groups (broad SMARTS) is 1. The lowest BCUT2D eigenvalue weighted by Gasteiger charge is -2.19. The molecule has 0 bridgehead atoms. The van der Waals surface area contributed by atoms with E-state index in [-0.39, 0.29) is 17.9 Å². The average Bonchev–Trinajstić information content (AvgIpc) is 2.43. The molecule has 1 rings (SSSR count). The zero-order chi connectivity index (χ0) is 10.9. The van der Waals surface area contributed by atoms with E-state index in [1.54, 1.807) is 0 Å². The number of sulfone groups is 1. The van der Waals surface area contributed by atoms with Gasteiger partial charge >= 0.3 is 5.97 Å². The Hall–Kier alpha value is -0.660. The van der Waals surface area contributed by atoms with Crippen molar-refractivity contribution in [2.45, 2.75) is 18.6 Å². The van der Waals surface area contributed by atoms with E-state index in [0.29, 0.717) is 0 Å². The van der Waals surface area contributed by atoms with Crippen LogP contribution in [0.1, 0.15) is 6.42 Å². The van der Waals surface area contributed by atoms with Gasteiger partial charge in [0.05, 0.1) is 17.6 Å². The van der Waals surface area contributed by atoms with Crippen LogP contribution in [0.4, 0.5) is 0 Å². The van der Waals surface area contributed by atoms with Gasteiger partial charge in [0.15, 0.2) is 9.84 Å². The van der Waals surface area contributed by atoms with Crippen molar-refractivity contribution in [1.82, 2.24) is 0 Å². The second-order valence-electron chi connectivity index (χ2n) is 3.52. The summed E-state index contributed by atoms with van der Waals surface area (Å²) in [6, 6.07) is -1.41. The maximum atomic E-state index is 11.0. The lowest BCUT2D eigenvalue weighted by Crippen LogP contribution is -2.46. The molecule has 6 nitrogen and oxygen atoms in total. The van der Waals surface area contributed by atoms with Gasteiger partial charge in [0.1, 0.15) is 6.04 Å². The van der Waals surface area contributed by atoms with Gasteiger partial charge in [-0.25, -0.2) is 8.42 Å². The van der Waals surface area contributed by atoms with E-state index in [9.17, 15) is 18.3 Å². The van der Waals surface area contributed by atoms with Crippen LogP contribution in [0.15, 0.2) is 0 Å². The van der Waals surface area contributed by atoms with Crippen molar-refractivity contribution >= 4 is 15.8 Å². The van der Waals surface area contributed by atoms with E-state index in [1.165, 1.54) is 0 Å². The van der Waals surface area contributed by atoms with Crippen LogP contribution in [-0.4, -0.2) is 48.3 Å². The highest BCUT2D eigenvalue weighted by Crippen LogP contribution is 2.22. The minimum absolute atomic E-state index is 0.00106. The largest absolute Gasteiger partial charge is 0.480 e. The third kappa shape index (κ3) is 2.43. The van der Waals surface area contributed by atoms with E-state index < -0.39 is 33.9 Å². The molecular formula is C7H13NO5S. The zero-order valence-electron chi connectivity index (χ0n) is 7.46. The van der Waals surface area contributed by atoms with Crippen LogP contribution < -0.4 is 5.73 Å². The number of aliphatic carboxylic acids is 1. The van der Waals surface area contributed by atoms with E-state index in [1.807, 2.05) is 0 Å². The molecule has 1 heterocycles. The minimum Gasteiger partial charge on any atom is -0.480 e. The molecule has 0 aromatic carbocycles. The van der Waals surface area contributed by atoms with Gasteiger partial charge in [-0.15, -0.1) is 0 Å². The molecule has 0 radical (unpaired) electrons. The molecule has 0 aliphatic carbocycles. The maximum Gasteiger partial charge on any atom is 0.323 e. The van der Waals surface area contributed by atoms with E-state index in [0.717, 1.165) is 0 Å². The van der Waals surface area contributed by atoms with E-state index in [2.05, 4.69) is 0 Å². The van der Waals surface area contributed by atoms with Gasteiger partial charge in [-0.3, -0.25) is 4.79 Å². The molecule has 0 aromatic rings. The number of carbonyl (C=O) groups is 1.